The minimum absolute atomic E-state index is 0.226. The molecule has 0 aliphatic carbocycles. The lowest BCUT2D eigenvalue weighted by atomic mass is 10.0. The van der Waals surface area contributed by atoms with Gasteiger partial charge < -0.3 is 15.3 Å². The second-order valence-corrected chi connectivity index (χ2v) is 11.0. The third-order valence-corrected chi connectivity index (χ3v) is 7.88. The molecule has 0 saturated heterocycles. The van der Waals surface area contributed by atoms with E-state index in [1.54, 1.807) is 30.5 Å². The minimum atomic E-state index is -0.965. The van der Waals surface area contributed by atoms with Crippen molar-refractivity contribution in [2.24, 2.45) is 5.16 Å². The Hall–Kier alpha value is -6.47. The molecule has 0 amide bonds. The van der Waals surface area contributed by atoms with Crippen LogP contribution in [0.1, 0.15) is 21.5 Å². The van der Waals surface area contributed by atoms with Crippen molar-refractivity contribution < 1.29 is 14.7 Å². The highest BCUT2D eigenvalue weighted by Gasteiger charge is 2.16. The summed E-state index contributed by atoms with van der Waals surface area (Å²) in [5, 5.41) is 17.0. The molecule has 0 aliphatic heterocycles. The first-order valence-electron chi connectivity index (χ1n) is 15.2. The number of nitrogens with zero attached hydrogens (tertiary/aromatic N) is 3. The van der Waals surface area contributed by atoms with Gasteiger partial charge in [0, 0.05) is 17.4 Å². The van der Waals surface area contributed by atoms with Crippen molar-refractivity contribution in [1.29, 1.82) is 0 Å². The number of rotatable bonds is 10. The SMILES string of the molecule is O=C(O)c1ccc(Nc2c(-c3ccc(CON=Cc4ccc(-c5ccccc5)cc4)cc3)nc3cc(-c4ccccc4)ccn23)cc1. The number of carboxylic acid groups (broad SMARTS) is 1. The van der Waals surface area contributed by atoms with Crippen molar-refractivity contribution in [3.8, 4) is 33.5 Å². The summed E-state index contributed by atoms with van der Waals surface area (Å²) in [6.07, 6.45) is 3.71. The molecule has 2 aromatic heterocycles. The topological polar surface area (TPSA) is 88.2 Å². The summed E-state index contributed by atoms with van der Waals surface area (Å²) < 4.78 is 2.00. The fourth-order valence-electron chi connectivity index (χ4n) is 5.37. The number of carbonyl (C=O) groups is 1. The summed E-state index contributed by atoms with van der Waals surface area (Å²) in [5.41, 5.74) is 9.87. The molecule has 7 nitrogen and oxygen atoms in total. The van der Waals surface area contributed by atoms with Crippen molar-refractivity contribution in [1.82, 2.24) is 9.38 Å². The number of aromatic carboxylic acids is 1. The molecule has 7 heteroatoms. The van der Waals surface area contributed by atoms with Crippen LogP contribution in [-0.2, 0) is 11.4 Å². The Balaban J connectivity index is 1.10. The number of fused-ring (bicyclic) bond motifs is 1. The van der Waals surface area contributed by atoms with Gasteiger partial charge in [0.25, 0.3) is 0 Å². The number of imidazole rings is 1. The largest absolute Gasteiger partial charge is 0.478 e. The molecule has 0 spiro atoms. The van der Waals surface area contributed by atoms with Gasteiger partial charge >= 0.3 is 5.97 Å². The van der Waals surface area contributed by atoms with Gasteiger partial charge in [-0.15, -0.1) is 0 Å². The number of anilines is 2. The summed E-state index contributed by atoms with van der Waals surface area (Å²) in [6.45, 7) is 0.325. The van der Waals surface area contributed by atoms with Gasteiger partial charge in [0.15, 0.2) is 0 Å². The maximum Gasteiger partial charge on any atom is 0.335 e. The molecule has 7 aromatic rings. The van der Waals surface area contributed by atoms with Gasteiger partial charge in [0.1, 0.15) is 23.8 Å². The van der Waals surface area contributed by atoms with Crippen LogP contribution in [0.25, 0.3) is 39.2 Å². The first-order valence-corrected chi connectivity index (χ1v) is 15.2. The number of hydrogen-bond acceptors (Lipinski definition) is 5. The maximum atomic E-state index is 11.4. The van der Waals surface area contributed by atoms with E-state index in [9.17, 15) is 9.90 Å². The second-order valence-electron chi connectivity index (χ2n) is 11.0. The molecule has 0 aliphatic rings. The normalized spacial score (nSPS) is 11.1. The van der Waals surface area contributed by atoms with Gasteiger partial charge in [-0.25, -0.2) is 9.78 Å². The van der Waals surface area contributed by atoms with Crippen molar-refractivity contribution in [2.75, 3.05) is 5.32 Å². The zero-order chi connectivity index (χ0) is 32.0. The summed E-state index contributed by atoms with van der Waals surface area (Å²) >= 11 is 0. The van der Waals surface area contributed by atoms with E-state index in [4.69, 9.17) is 9.82 Å². The summed E-state index contributed by atoms with van der Waals surface area (Å²) in [5.74, 6) is -0.192. The second kappa shape index (κ2) is 13.3. The monoisotopic (exact) mass is 614 g/mol. The molecule has 0 saturated carbocycles. The van der Waals surface area contributed by atoms with Crippen molar-refractivity contribution >= 4 is 29.3 Å². The summed E-state index contributed by atoms with van der Waals surface area (Å²) in [7, 11) is 0. The molecule has 5 aromatic carbocycles. The first kappa shape index (κ1) is 29.3. The molecule has 0 atom stereocenters. The van der Waals surface area contributed by atoms with E-state index in [2.05, 4.69) is 59.0 Å². The third kappa shape index (κ3) is 6.65. The Morgan fingerprint density at radius 1 is 0.723 bits per heavy atom. The van der Waals surface area contributed by atoms with Crippen molar-refractivity contribution in [2.45, 2.75) is 6.61 Å². The molecular formula is C40H30N4O3. The highest BCUT2D eigenvalue weighted by atomic mass is 16.6. The van der Waals surface area contributed by atoms with Gasteiger partial charge in [-0.3, -0.25) is 4.40 Å². The maximum absolute atomic E-state index is 11.4. The number of hydrogen-bond donors (Lipinski definition) is 2. The van der Waals surface area contributed by atoms with Crippen LogP contribution in [0.3, 0.4) is 0 Å². The van der Waals surface area contributed by atoms with Crippen LogP contribution >= 0.6 is 0 Å². The average molecular weight is 615 g/mol. The Morgan fingerprint density at radius 2 is 1.34 bits per heavy atom. The van der Waals surface area contributed by atoms with Gasteiger partial charge in [-0.2, -0.15) is 0 Å². The molecule has 228 valence electrons. The number of oxime groups is 1. The highest BCUT2D eigenvalue weighted by molar-refractivity contribution is 5.88. The summed E-state index contributed by atoms with van der Waals surface area (Å²) in [4.78, 5) is 22.0. The van der Waals surface area contributed by atoms with Gasteiger partial charge in [-0.05, 0) is 69.8 Å². The van der Waals surface area contributed by atoms with E-state index in [1.807, 2.05) is 83.4 Å². The highest BCUT2D eigenvalue weighted by Crippen LogP contribution is 2.33. The van der Waals surface area contributed by atoms with Crippen LogP contribution in [0.4, 0.5) is 11.5 Å². The fourth-order valence-corrected chi connectivity index (χ4v) is 5.37. The molecule has 2 N–H and O–H groups in total. The van der Waals surface area contributed by atoms with Crippen LogP contribution in [0.15, 0.2) is 157 Å². The first-order chi connectivity index (χ1) is 23.1. The standard InChI is InChI=1S/C40H30N4O3/c45-40(46)34-19-21-36(22-20-34)42-39-38(43-37-25-35(23-24-44(37)39)31-9-5-2-6-10-31)33-17-13-29(14-18-33)27-47-41-26-28-11-15-32(16-12-28)30-7-3-1-4-8-30/h1-26,42H,27H2,(H,45,46). The van der Waals surface area contributed by atoms with Crippen molar-refractivity contribution in [3.63, 3.8) is 0 Å². The number of aromatic nitrogens is 2. The van der Waals surface area contributed by atoms with Gasteiger partial charge in [0.05, 0.1) is 11.8 Å². The van der Waals surface area contributed by atoms with E-state index in [0.29, 0.717) is 6.61 Å². The average Bonchev–Trinajstić information content (AvgIpc) is 3.49. The van der Waals surface area contributed by atoms with E-state index in [-0.39, 0.29) is 5.56 Å². The van der Waals surface area contributed by atoms with Crippen LogP contribution in [0, 0.1) is 0 Å². The Morgan fingerprint density at radius 3 is 2.00 bits per heavy atom. The quantitative estimate of drug-likeness (QED) is 0.118. The Kier molecular flexibility index (Phi) is 8.25. The zero-order valence-corrected chi connectivity index (χ0v) is 25.3. The molecule has 2 heterocycles. The number of pyridine rings is 1. The van der Waals surface area contributed by atoms with E-state index < -0.39 is 5.97 Å². The van der Waals surface area contributed by atoms with Crippen LogP contribution in [0.5, 0.6) is 0 Å². The van der Waals surface area contributed by atoms with E-state index in [1.165, 1.54) is 5.56 Å². The molecule has 0 fully saturated rings. The molecule has 0 radical (unpaired) electrons. The smallest absolute Gasteiger partial charge is 0.335 e. The Labute approximate surface area is 272 Å². The fraction of sp³-hybridized carbons (Fsp3) is 0.0250. The Bertz CT molecular complexity index is 2160. The molecule has 0 bridgehead atoms. The van der Waals surface area contributed by atoms with E-state index in [0.717, 1.165) is 56.2 Å². The van der Waals surface area contributed by atoms with Gasteiger partial charge in [0.2, 0.25) is 0 Å². The lowest BCUT2D eigenvalue weighted by Crippen LogP contribution is -1.99. The third-order valence-electron chi connectivity index (χ3n) is 7.88. The lowest BCUT2D eigenvalue weighted by Gasteiger charge is -2.10. The minimum Gasteiger partial charge on any atom is -0.478 e. The zero-order valence-electron chi connectivity index (χ0n) is 25.3. The molecule has 0 unspecified atom stereocenters. The molecular weight excluding hydrogens is 584 g/mol. The molecule has 7 rings (SSSR count). The van der Waals surface area contributed by atoms with Crippen LogP contribution in [-0.4, -0.2) is 26.7 Å². The lowest BCUT2D eigenvalue weighted by molar-refractivity contribution is 0.0697. The predicted octanol–water partition coefficient (Wildman–Crippen LogP) is 9.33. The summed E-state index contributed by atoms with van der Waals surface area (Å²) in [6, 6.07) is 47.5. The number of carboxylic acids is 1. The molecule has 47 heavy (non-hydrogen) atoms. The van der Waals surface area contributed by atoms with Crippen LogP contribution < -0.4 is 5.32 Å². The number of benzene rings is 5. The predicted molar refractivity (Wildman–Crippen MR) is 187 cm³/mol. The van der Waals surface area contributed by atoms with Gasteiger partial charge in [-0.1, -0.05) is 114 Å². The van der Waals surface area contributed by atoms with Crippen molar-refractivity contribution in [3.05, 3.63) is 168 Å². The number of nitrogens with one attached hydrogen (secondary N) is 1. The van der Waals surface area contributed by atoms with E-state index >= 15 is 0 Å². The van der Waals surface area contributed by atoms with Crippen LogP contribution in [0.2, 0.25) is 0 Å².